The van der Waals surface area contributed by atoms with Gasteiger partial charge in [0, 0.05) is 20.6 Å². The number of rotatable bonds is 8. The lowest BCUT2D eigenvalue weighted by Crippen LogP contribution is -2.26. The molecule has 2 aromatic carbocycles. The number of methoxy groups -OCH3 is 2. The molecule has 1 aliphatic carbocycles. The highest BCUT2D eigenvalue weighted by Crippen LogP contribution is 2.25. The maximum Gasteiger partial charge on any atom is 0.340 e. The first-order valence-corrected chi connectivity index (χ1v) is 9.37. The molecule has 6 nitrogen and oxygen atoms in total. The molecule has 0 N–H and O–H groups in total. The van der Waals surface area contributed by atoms with Gasteiger partial charge >= 0.3 is 11.9 Å². The molecule has 4 atom stereocenters. The van der Waals surface area contributed by atoms with Crippen LogP contribution in [-0.2, 0) is 28.5 Å². The molecule has 29 heavy (non-hydrogen) atoms. The van der Waals surface area contributed by atoms with Crippen LogP contribution in [0, 0.1) is 0 Å². The number of benzene rings is 2. The maximum atomic E-state index is 12.5. The molecule has 0 fully saturated rings. The molecule has 0 bridgehead atoms. The smallest absolute Gasteiger partial charge is 0.340 e. The summed E-state index contributed by atoms with van der Waals surface area (Å²) in [6.45, 7) is 0. The third-order valence-electron chi connectivity index (χ3n) is 4.64. The predicted octanol–water partition coefficient (Wildman–Crippen LogP) is 3.55. The number of hydrogen-bond acceptors (Lipinski definition) is 6. The van der Waals surface area contributed by atoms with Crippen molar-refractivity contribution in [3.63, 3.8) is 0 Å². The molecular formula is C23H24O6. The highest BCUT2D eigenvalue weighted by molar-refractivity contribution is 5.77. The minimum absolute atomic E-state index is 0.355. The van der Waals surface area contributed by atoms with Gasteiger partial charge in [-0.15, -0.1) is 0 Å². The van der Waals surface area contributed by atoms with E-state index < -0.39 is 36.4 Å². The molecule has 0 saturated heterocycles. The summed E-state index contributed by atoms with van der Waals surface area (Å²) in [4.78, 5) is 25.0. The zero-order chi connectivity index (χ0) is 20.6. The van der Waals surface area contributed by atoms with Crippen molar-refractivity contribution in [3.05, 3.63) is 83.9 Å². The van der Waals surface area contributed by atoms with Crippen molar-refractivity contribution in [2.24, 2.45) is 0 Å². The topological polar surface area (TPSA) is 71.1 Å². The van der Waals surface area contributed by atoms with Gasteiger partial charge < -0.3 is 18.9 Å². The molecule has 0 saturated carbocycles. The molecule has 3 rings (SSSR count). The van der Waals surface area contributed by atoms with Crippen LogP contribution in [-0.4, -0.2) is 38.4 Å². The molecule has 4 unspecified atom stereocenters. The highest BCUT2D eigenvalue weighted by Gasteiger charge is 2.31. The zero-order valence-corrected chi connectivity index (χ0v) is 16.4. The fourth-order valence-electron chi connectivity index (χ4n) is 3.22. The minimum atomic E-state index is -0.804. The first-order valence-electron chi connectivity index (χ1n) is 9.37. The molecule has 0 heterocycles. The predicted molar refractivity (Wildman–Crippen MR) is 106 cm³/mol. The lowest BCUT2D eigenvalue weighted by atomic mass is 10.1. The first kappa shape index (κ1) is 20.8. The summed E-state index contributed by atoms with van der Waals surface area (Å²) in [5.74, 6) is -0.973. The van der Waals surface area contributed by atoms with Gasteiger partial charge in [0.2, 0.25) is 0 Å². The highest BCUT2D eigenvalue weighted by atomic mass is 16.6. The zero-order valence-electron chi connectivity index (χ0n) is 16.4. The van der Waals surface area contributed by atoms with Crippen molar-refractivity contribution < 1.29 is 28.5 Å². The van der Waals surface area contributed by atoms with Gasteiger partial charge in [-0.05, 0) is 23.3 Å². The summed E-state index contributed by atoms with van der Waals surface area (Å²) >= 11 is 0. The van der Waals surface area contributed by atoms with E-state index in [1.54, 1.807) is 36.4 Å². The standard InChI is InChI=1S/C23H24O6/c1-26-20(16-9-5-3-6-10-16)22(24)28-18-13-14-19(15-18)29-23(25)21(27-2)17-11-7-4-8-12-17/h3-14,18-21H,15H2,1-2H3. The number of ether oxygens (including phenoxy) is 4. The van der Waals surface area contributed by atoms with Crippen LogP contribution < -0.4 is 0 Å². The Bertz CT molecular complexity index is 763. The summed E-state index contributed by atoms with van der Waals surface area (Å²) in [6.07, 6.45) is 1.21. The molecule has 2 aromatic rings. The Morgan fingerprint density at radius 1 is 0.724 bits per heavy atom. The number of carbonyl (C=O) groups excluding carboxylic acids is 2. The van der Waals surface area contributed by atoms with Crippen LogP contribution in [0.4, 0.5) is 0 Å². The molecule has 0 spiro atoms. The van der Waals surface area contributed by atoms with E-state index in [1.165, 1.54) is 14.2 Å². The molecule has 152 valence electrons. The van der Waals surface area contributed by atoms with Crippen LogP contribution in [0.5, 0.6) is 0 Å². The Balaban J connectivity index is 1.54. The van der Waals surface area contributed by atoms with Crippen molar-refractivity contribution >= 4 is 11.9 Å². The van der Waals surface area contributed by atoms with Gasteiger partial charge in [-0.25, -0.2) is 9.59 Å². The van der Waals surface area contributed by atoms with E-state index >= 15 is 0 Å². The van der Waals surface area contributed by atoms with Crippen LogP contribution in [0.1, 0.15) is 29.8 Å². The fourth-order valence-corrected chi connectivity index (χ4v) is 3.22. The third-order valence-corrected chi connectivity index (χ3v) is 4.64. The molecule has 1 aliphatic rings. The van der Waals surface area contributed by atoms with E-state index in [2.05, 4.69) is 0 Å². The number of hydrogen-bond donors (Lipinski definition) is 0. The molecular weight excluding hydrogens is 372 g/mol. The van der Waals surface area contributed by atoms with E-state index in [4.69, 9.17) is 18.9 Å². The van der Waals surface area contributed by atoms with Crippen molar-refractivity contribution in [1.82, 2.24) is 0 Å². The fraction of sp³-hybridized carbons (Fsp3) is 0.304. The van der Waals surface area contributed by atoms with Gasteiger partial charge in [-0.2, -0.15) is 0 Å². The normalized spacial score (nSPS) is 20.1. The van der Waals surface area contributed by atoms with E-state index in [1.807, 2.05) is 36.4 Å². The van der Waals surface area contributed by atoms with Gasteiger partial charge in [0.15, 0.2) is 12.2 Å². The summed E-state index contributed by atoms with van der Waals surface area (Å²) < 4.78 is 21.6. The number of esters is 2. The summed E-state index contributed by atoms with van der Waals surface area (Å²) in [7, 11) is 2.92. The quantitative estimate of drug-likeness (QED) is 0.502. The second-order valence-corrected chi connectivity index (χ2v) is 6.62. The molecule has 0 aromatic heterocycles. The van der Waals surface area contributed by atoms with Gasteiger partial charge in [-0.1, -0.05) is 60.7 Å². The summed E-state index contributed by atoms with van der Waals surface area (Å²) in [5.41, 5.74) is 1.44. The summed E-state index contributed by atoms with van der Waals surface area (Å²) in [6, 6.07) is 18.3. The van der Waals surface area contributed by atoms with E-state index in [9.17, 15) is 9.59 Å². The lowest BCUT2D eigenvalue weighted by molar-refractivity contribution is -0.163. The SMILES string of the molecule is COC(C(=O)OC1C=CC(OC(=O)C(OC)c2ccccc2)C1)c1ccccc1. The number of carbonyl (C=O) groups is 2. The van der Waals surface area contributed by atoms with Crippen LogP contribution in [0.15, 0.2) is 72.8 Å². The Hall–Kier alpha value is -2.96. The van der Waals surface area contributed by atoms with Crippen LogP contribution in [0.3, 0.4) is 0 Å². The van der Waals surface area contributed by atoms with Gasteiger partial charge in [0.1, 0.15) is 12.2 Å². The maximum absolute atomic E-state index is 12.5. The largest absolute Gasteiger partial charge is 0.456 e. The Morgan fingerprint density at radius 2 is 1.10 bits per heavy atom. The van der Waals surface area contributed by atoms with Crippen molar-refractivity contribution in [2.75, 3.05) is 14.2 Å². The molecule has 0 aliphatic heterocycles. The van der Waals surface area contributed by atoms with Crippen LogP contribution >= 0.6 is 0 Å². The molecule has 0 radical (unpaired) electrons. The van der Waals surface area contributed by atoms with Crippen molar-refractivity contribution in [3.8, 4) is 0 Å². The first-order chi connectivity index (χ1) is 14.1. The third kappa shape index (κ3) is 5.31. The monoisotopic (exact) mass is 396 g/mol. The second kappa shape index (κ2) is 10.0. The van der Waals surface area contributed by atoms with Gasteiger partial charge in [-0.3, -0.25) is 0 Å². The molecule has 6 heteroatoms. The second-order valence-electron chi connectivity index (χ2n) is 6.62. The van der Waals surface area contributed by atoms with E-state index in [-0.39, 0.29) is 0 Å². The minimum Gasteiger partial charge on any atom is -0.456 e. The Morgan fingerprint density at radius 3 is 1.45 bits per heavy atom. The van der Waals surface area contributed by atoms with Crippen molar-refractivity contribution in [2.45, 2.75) is 30.8 Å². The van der Waals surface area contributed by atoms with E-state index in [0.717, 1.165) is 11.1 Å². The lowest BCUT2D eigenvalue weighted by Gasteiger charge is -2.20. The van der Waals surface area contributed by atoms with Crippen LogP contribution in [0.2, 0.25) is 0 Å². The van der Waals surface area contributed by atoms with Crippen molar-refractivity contribution in [1.29, 1.82) is 0 Å². The van der Waals surface area contributed by atoms with Gasteiger partial charge in [0.05, 0.1) is 0 Å². The Kier molecular flexibility index (Phi) is 7.16. The van der Waals surface area contributed by atoms with Gasteiger partial charge in [0.25, 0.3) is 0 Å². The van der Waals surface area contributed by atoms with Crippen LogP contribution in [0.25, 0.3) is 0 Å². The van der Waals surface area contributed by atoms with E-state index in [0.29, 0.717) is 6.42 Å². The average molecular weight is 396 g/mol. The molecule has 0 amide bonds. The summed E-state index contributed by atoms with van der Waals surface area (Å²) in [5, 5.41) is 0. The average Bonchev–Trinajstić information content (AvgIpc) is 3.17. The Labute approximate surface area is 170 Å².